The van der Waals surface area contributed by atoms with Gasteiger partial charge in [0.25, 0.3) is 0 Å². The summed E-state index contributed by atoms with van der Waals surface area (Å²) in [5.74, 6) is 0.648. The Kier molecular flexibility index (Phi) is 4.78. The van der Waals surface area contributed by atoms with Crippen molar-refractivity contribution in [1.29, 1.82) is 5.26 Å². The van der Waals surface area contributed by atoms with Crippen LogP contribution in [-0.4, -0.2) is 11.6 Å². The van der Waals surface area contributed by atoms with E-state index in [0.717, 1.165) is 16.3 Å². The average molecular weight is 305 g/mol. The predicted octanol–water partition coefficient (Wildman–Crippen LogP) is 4.57. The molecule has 0 radical (unpaired) electrons. The Morgan fingerprint density at radius 3 is 2.90 bits per heavy atom. The number of benzene rings is 1. The van der Waals surface area contributed by atoms with E-state index in [1.807, 2.05) is 25.3 Å². The highest BCUT2D eigenvalue weighted by Gasteiger charge is 2.07. The summed E-state index contributed by atoms with van der Waals surface area (Å²) in [7, 11) is 0. The summed E-state index contributed by atoms with van der Waals surface area (Å²) < 4.78 is 5.38. The number of thiazole rings is 1. The fourth-order valence-corrected chi connectivity index (χ4v) is 2.67. The molecule has 1 aromatic heterocycles. The normalized spacial score (nSPS) is 11.2. The van der Waals surface area contributed by atoms with Gasteiger partial charge in [0.2, 0.25) is 0 Å². The molecule has 0 aliphatic rings. The minimum absolute atomic E-state index is 0.531. The molecule has 3 nitrogen and oxygen atoms in total. The van der Waals surface area contributed by atoms with Gasteiger partial charge >= 0.3 is 0 Å². The Bertz CT molecular complexity index is 685. The van der Waals surface area contributed by atoms with Gasteiger partial charge < -0.3 is 4.74 Å². The quantitative estimate of drug-likeness (QED) is 0.777. The van der Waals surface area contributed by atoms with E-state index in [0.29, 0.717) is 23.0 Å². The Morgan fingerprint density at radius 1 is 1.55 bits per heavy atom. The van der Waals surface area contributed by atoms with Crippen LogP contribution in [0, 0.1) is 18.3 Å². The largest absolute Gasteiger partial charge is 0.492 e. The molecule has 20 heavy (non-hydrogen) atoms. The highest BCUT2D eigenvalue weighted by atomic mass is 35.5. The molecular weight excluding hydrogens is 292 g/mol. The maximum absolute atomic E-state index is 9.25. The minimum Gasteiger partial charge on any atom is -0.492 e. The number of hydrogen-bond acceptors (Lipinski definition) is 4. The Hall–Kier alpha value is -1.83. The van der Waals surface area contributed by atoms with Crippen molar-refractivity contribution in [3.63, 3.8) is 0 Å². The van der Waals surface area contributed by atoms with Gasteiger partial charge in [-0.3, -0.25) is 0 Å². The van der Waals surface area contributed by atoms with Crippen LogP contribution >= 0.6 is 22.9 Å². The number of aryl methyl sites for hydroxylation is 1. The summed E-state index contributed by atoms with van der Waals surface area (Å²) in [6, 6.07) is 7.63. The second-order valence-electron chi connectivity index (χ2n) is 4.09. The first-order valence-electron chi connectivity index (χ1n) is 6.10. The van der Waals surface area contributed by atoms with Crippen molar-refractivity contribution < 1.29 is 4.74 Å². The molecule has 0 atom stereocenters. The third-order valence-corrected chi connectivity index (χ3v) is 3.83. The molecule has 0 N–H and O–H groups in total. The number of nitriles is 1. The predicted molar refractivity (Wildman–Crippen MR) is 83.0 cm³/mol. The van der Waals surface area contributed by atoms with Crippen molar-refractivity contribution in [2.24, 2.45) is 0 Å². The van der Waals surface area contributed by atoms with Crippen molar-refractivity contribution in [2.45, 2.75) is 13.8 Å². The van der Waals surface area contributed by atoms with Crippen molar-refractivity contribution in [1.82, 2.24) is 4.98 Å². The van der Waals surface area contributed by atoms with Crippen molar-refractivity contribution >= 4 is 34.6 Å². The van der Waals surface area contributed by atoms with Crippen LogP contribution in [0.5, 0.6) is 5.75 Å². The number of hydrogen-bond donors (Lipinski definition) is 0. The van der Waals surface area contributed by atoms with E-state index in [1.165, 1.54) is 11.3 Å². The lowest BCUT2D eigenvalue weighted by Crippen LogP contribution is -1.92. The number of ether oxygens (including phenoxy) is 1. The van der Waals surface area contributed by atoms with E-state index >= 15 is 0 Å². The number of allylic oxidation sites excluding steroid dienone is 1. The van der Waals surface area contributed by atoms with E-state index in [9.17, 15) is 5.26 Å². The summed E-state index contributed by atoms with van der Waals surface area (Å²) in [5.41, 5.74) is 2.29. The molecule has 2 rings (SSSR count). The second-order valence-corrected chi connectivity index (χ2v) is 5.35. The van der Waals surface area contributed by atoms with E-state index in [1.54, 1.807) is 18.2 Å². The standard InChI is InChI=1S/C15H13ClN2OS/c1-3-19-14-5-4-11(7-13(14)16)6-12(8-17)15-18-10(2)9-20-15/h4-7,9H,3H2,1-2H3/b12-6-. The first-order chi connectivity index (χ1) is 9.63. The lowest BCUT2D eigenvalue weighted by Gasteiger charge is -2.05. The first kappa shape index (κ1) is 14.6. The molecule has 0 amide bonds. The van der Waals surface area contributed by atoms with Gasteiger partial charge in [0, 0.05) is 11.1 Å². The zero-order valence-electron chi connectivity index (χ0n) is 11.2. The summed E-state index contributed by atoms with van der Waals surface area (Å²) in [6.07, 6.45) is 1.78. The van der Waals surface area contributed by atoms with Crippen molar-refractivity contribution in [3.05, 3.63) is 44.9 Å². The van der Waals surface area contributed by atoms with Gasteiger partial charge in [-0.25, -0.2) is 4.98 Å². The van der Waals surface area contributed by atoms with Gasteiger partial charge in [0.15, 0.2) is 0 Å². The molecule has 0 bridgehead atoms. The van der Waals surface area contributed by atoms with Crippen LogP contribution in [0.25, 0.3) is 11.6 Å². The first-order valence-corrected chi connectivity index (χ1v) is 7.36. The number of rotatable bonds is 4. The highest BCUT2D eigenvalue weighted by molar-refractivity contribution is 7.11. The van der Waals surface area contributed by atoms with Crippen LogP contribution in [0.3, 0.4) is 0 Å². The average Bonchev–Trinajstić information content (AvgIpc) is 2.85. The van der Waals surface area contributed by atoms with Crippen molar-refractivity contribution in [3.8, 4) is 11.8 Å². The maximum Gasteiger partial charge on any atom is 0.137 e. The van der Waals surface area contributed by atoms with Crippen molar-refractivity contribution in [2.75, 3.05) is 6.61 Å². The Morgan fingerprint density at radius 2 is 2.35 bits per heavy atom. The van der Waals surface area contributed by atoms with Crippen LogP contribution in [0.15, 0.2) is 23.6 Å². The topological polar surface area (TPSA) is 45.9 Å². The Labute approximate surface area is 127 Å². The van der Waals surface area contributed by atoms with E-state index < -0.39 is 0 Å². The van der Waals surface area contributed by atoms with Gasteiger partial charge in [-0.05, 0) is 37.6 Å². The molecule has 0 aliphatic carbocycles. The molecule has 0 saturated heterocycles. The lowest BCUT2D eigenvalue weighted by atomic mass is 10.1. The third-order valence-electron chi connectivity index (χ3n) is 2.54. The SMILES string of the molecule is CCOc1ccc(/C=C(/C#N)c2nc(C)cs2)cc1Cl. The van der Waals surface area contributed by atoms with Gasteiger partial charge in [-0.15, -0.1) is 11.3 Å². The molecule has 102 valence electrons. The van der Waals surface area contributed by atoms with Crippen LogP contribution < -0.4 is 4.74 Å². The van der Waals surface area contributed by atoms with E-state index in [-0.39, 0.29) is 0 Å². The summed E-state index contributed by atoms with van der Waals surface area (Å²) >= 11 is 7.59. The second kappa shape index (κ2) is 6.56. The molecule has 0 unspecified atom stereocenters. The van der Waals surface area contributed by atoms with E-state index in [4.69, 9.17) is 16.3 Å². The fraction of sp³-hybridized carbons (Fsp3) is 0.200. The molecule has 0 fully saturated rings. The van der Waals surface area contributed by atoms with Crippen LogP contribution in [0.1, 0.15) is 23.2 Å². The molecular formula is C15H13ClN2OS. The summed E-state index contributed by atoms with van der Waals surface area (Å²) in [4.78, 5) is 4.32. The van der Waals surface area contributed by atoms with E-state index in [2.05, 4.69) is 11.1 Å². The molecule has 0 aliphatic heterocycles. The highest BCUT2D eigenvalue weighted by Crippen LogP contribution is 2.28. The smallest absolute Gasteiger partial charge is 0.137 e. The van der Waals surface area contributed by atoms with Crippen LogP contribution in [-0.2, 0) is 0 Å². The maximum atomic E-state index is 9.25. The molecule has 2 aromatic rings. The number of nitrogens with zero attached hydrogens (tertiary/aromatic N) is 2. The zero-order valence-corrected chi connectivity index (χ0v) is 12.8. The van der Waals surface area contributed by atoms with Gasteiger partial charge in [-0.1, -0.05) is 17.7 Å². The molecule has 0 saturated carbocycles. The van der Waals surface area contributed by atoms with Crippen LogP contribution in [0.2, 0.25) is 5.02 Å². The third kappa shape index (κ3) is 3.38. The number of aromatic nitrogens is 1. The lowest BCUT2D eigenvalue weighted by molar-refractivity contribution is 0.340. The monoisotopic (exact) mass is 304 g/mol. The van der Waals surface area contributed by atoms with Gasteiger partial charge in [-0.2, -0.15) is 5.26 Å². The number of halogens is 1. The van der Waals surface area contributed by atoms with Gasteiger partial charge in [0.1, 0.15) is 16.8 Å². The minimum atomic E-state index is 0.531. The zero-order chi connectivity index (χ0) is 14.5. The summed E-state index contributed by atoms with van der Waals surface area (Å²) in [5, 5.41) is 12.4. The molecule has 5 heteroatoms. The molecule has 1 aromatic carbocycles. The summed E-state index contributed by atoms with van der Waals surface area (Å²) in [6.45, 7) is 4.38. The molecule has 1 heterocycles. The molecule has 0 spiro atoms. The van der Waals surface area contributed by atoms with Crippen LogP contribution in [0.4, 0.5) is 0 Å². The fourth-order valence-electron chi connectivity index (χ4n) is 1.67. The van der Waals surface area contributed by atoms with Gasteiger partial charge in [0.05, 0.1) is 17.2 Å². The Balaban J connectivity index is 2.34.